The maximum absolute atomic E-state index is 7.96. The molecule has 0 aromatic rings. The zero-order valence-electron chi connectivity index (χ0n) is 9.85. The van der Waals surface area contributed by atoms with Crippen molar-refractivity contribution in [2.75, 3.05) is 7.05 Å². The van der Waals surface area contributed by atoms with Crippen LogP contribution in [0.25, 0.3) is 0 Å². The molecule has 0 spiro atoms. The van der Waals surface area contributed by atoms with Gasteiger partial charge < -0.3 is 5.41 Å². The second-order valence-electron chi connectivity index (χ2n) is 5.01. The molecule has 0 aromatic heterocycles. The van der Waals surface area contributed by atoms with Gasteiger partial charge in [-0.2, -0.15) is 0 Å². The van der Waals surface area contributed by atoms with E-state index in [1.165, 1.54) is 12.1 Å². The first kappa shape index (κ1) is 11.4. The Morgan fingerprint density at radius 2 is 2.21 bits per heavy atom. The summed E-state index contributed by atoms with van der Waals surface area (Å²) < 4.78 is 0. The maximum atomic E-state index is 7.96. The smallest absolute Gasteiger partial charge is 0.0351 e. The highest BCUT2D eigenvalue weighted by atomic mass is 14.7. The lowest BCUT2D eigenvalue weighted by atomic mass is 9.69. The van der Waals surface area contributed by atoms with Gasteiger partial charge >= 0.3 is 0 Å². The number of aliphatic imine (C=N–C) groups is 1. The molecule has 1 aliphatic rings. The third kappa shape index (κ3) is 2.43. The number of hydrogen-bond acceptors (Lipinski definition) is 2. The van der Waals surface area contributed by atoms with Gasteiger partial charge in [0.25, 0.3) is 0 Å². The van der Waals surface area contributed by atoms with Gasteiger partial charge in [-0.25, -0.2) is 0 Å². The number of nitrogens with zero attached hydrogens (tertiary/aromatic N) is 1. The van der Waals surface area contributed by atoms with E-state index in [9.17, 15) is 0 Å². The minimum atomic E-state index is 0.328. The first-order valence-corrected chi connectivity index (χ1v) is 5.53. The Hall–Kier alpha value is -0.660. The fraction of sp³-hybridized carbons (Fsp3) is 0.833. The van der Waals surface area contributed by atoms with E-state index in [4.69, 9.17) is 5.41 Å². The van der Waals surface area contributed by atoms with E-state index in [1.54, 1.807) is 0 Å². The van der Waals surface area contributed by atoms with Crippen molar-refractivity contribution in [1.82, 2.24) is 0 Å². The van der Waals surface area contributed by atoms with E-state index in [0.29, 0.717) is 11.3 Å². The van der Waals surface area contributed by atoms with Crippen LogP contribution in [0.5, 0.6) is 0 Å². The van der Waals surface area contributed by atoms with Crippen molar-refractivity contribution < 1.29 is 0 Å². The zero-order valence-corrected chi connectivity index (χ0v) is 9.85. The molecule has 0 amide bonds. The Balaban J connectivity index is 2.81. The van der Waals surface area contributed by atoms with Crippen molar-refractivity contribution in [3.8, 4) is 0 Å². The molecule has 1 unspecified atom stereocenters. The van der Waals surface area contributed by atoms with Crippen LogP contribution in [0, 0.1) is 16.7 Å². The molecule has 80 valence electrons. The average molecular weight is 194 g/mol. The first-order chi connectivity index (χ1) is 6.50. The van der Waals surface area contributed by atoms with Gasteiger partial charge in [-0.15, -0.1) is 0 Å². The van der Waals surface area contributed by atoms with Gasteiger partial charge in [0.05, 0.1) is 0 Å². The van der Waals surface area contributed by atoms with Crippen molar-refractivity contribution in [3.05, 3.63) is 0 Å². The molecule has 0 heterocycles. The highest BCUT2D eigenvalue weighted by Crippen LogP contribution is 2.38. The number of hydrogen-bond donors (Lipinski definition) is 1. The summed E-state index contributed by atoms with van der Waals surface area (Å²) in [5.41, 5.74) is 2.50. The van der Waals surface area contributed by atoms with E-state index in [1.807, 2.05) is 7.05 Å². The number of rotatable bonds is 2. The van der Waals surface area contributed by atoms with Gasteiger partial charge in [-0.05, 0) is 31.1 Å². The molecule has 2 heteroatoms. The van der Waals surface area contributed by atoms with E-state index in [2.05, 4.69) is 25.8 Å². The van der Waals surface area contributed by atoms with E-state index >= 15 is 0 Å². The SMILES string of the molecule is CCC(=N)C1CC(C)(C)CCC1=NC. The molecule has 2 nitrogen and oxygen atoms in total. The van der Waals surface area contributed by atoms with Gasteiger partial charge in [-0.3, -0.25) is 4.99 Å². The topological polar surface area (TPSA) is 36.2 Å². The summed E-state index contributed by atoms with van der Waals surface area (Å²) in [6.07, 6.45) is 4.26. The number of nitrogens with one attached hydrogen (secondary N) is 1. The second-order valence-corrected chi connectivity index (χ2v) is 5.01. The van der Waals surface area contributed by atoms with Crippen LogP contribution in [0.3, 0.4) is 0 Å². The van der Waals surface area contributed by atoms with Crippen LogP contribution < -0.4 is 0 Å². The van der Waals surface area contributed by atoms with Crippen LogP contribution >= 0.6 is 0 Å². The first-order valence-electron chi connectivity index (χ1n) is 5.53. The highest BCUT2D eigenvalue weighted by molar-refractivity contribution is 6.06. The summed E-state index contributed by atoms with van der Waals surface area (Å²) in [4.78, 5) is 4.34. The zero-order chi connectivity index (χ0) is 10.8. The molecule has 14 heavy (non-hydrogen) atoms. The van der Waals surface area contributed by atoms with Gasteiger partial charge in [0.1, 0.15) is 0 Å². The average Bonchev–Trinajstić information content (AvgIpc) is 2.15. The van der Waals surface area contributed by atoms with Crippen molar-refractivity contribution in [1.29, 1.82) is 5.41 Å². The van der Waals surface area contributed by atoms with Crippen molar-refractivity contribution in [2.45, 2.75) is 46.5 Å². The lowest BCUT2D eigenvalue weighted by Crippen LogP contribution is -2.34. The Morgan fingerprint density at radius 3 is 2.71 bits per heavy atom. The fourth-order valence-corrected chi connectivity index (χ4v) is 2.25. The molecule has 1 fully saturated rings. The Labute approximate surface area is 87.3 Å². The largest absolute Gasteiger partial charge is 0.309 e. The van der Waals surface area contributed by atoms with Gasteiger partial charge in [0.15, 0.2) is 0 Å². The Bertz CT molecular complexity index is 251. The highest BCUT2D eigenvalue weighted by Gasteiger charge is 2.33. The molecule has 0 aliphatic heterocycles. The molecule has 1 atom stereocenters. The van der Waals surface area contributed by atoms with Gasteiger partial charge in [0.2, 0.25) is 0 Å². The molecule has 0 bridgehead atoms. The minimum absolute atomic E-state index is 0.328. The predicted molar refractivity (Wildman–Crippen MR) is 62.5 cm³/mol. The molecule has 1 N–H and O–H groups in total. The predicted octanol–water partition coefficient (Wildman–Crippen LogP) is 3.31. The lowest BCUT2D eigenvalue weighted by molar-refractivity contribution is 0.281. The Morgan fingerprint density at radius 1 is 1.57 bits per heavy atom. The van der Waals surface area contributed by atoms with E-state index < -0.39 is 0 Å². The van der Waals surface area contributed by atoms with Crippen LogP contribution in [0.4, 0.5) is 0 Å². The Kier molecular flexibility index (Phi) is 3.46. The summed E-state index contributed by atoms with van der Waals surface area (Å²) in [5.74, 6) is 0.328. The molecule has 1 rings (SSSR count). The summed E-state index contributed by atoms with van der Waals surface area (Å²) in [6.45, 7) is 6.67. The maximum Gasteiger partial charge on any atom is 0.0351 e. The molecular formula is C12H22N2. The van der Waals surface area contributed by atoms with Crippen LogP contribution in [-0.4, -0.2) is 18.5 Å². The third-order valence-electron chi connectivity index (χ3n) is 3.31. The van der Waals surface area contributed by atoms with Crippen LogP contribution in [-0.2, 0) is 0 Å². The van der Waals surface area contributed by atoms with Crippen LogP contribution in [0.15, 0.2) is 4.99 Å². The van der Waals surface area contributed by atoms with Crippen molar-refractivity contribution in [2.24, 2.45) is 16.3 Å². The lowest BCUT2D eigenvalue weighted by Gasteiger charge is -2.36. The summed E-state index contributed by atoms with van der Waals surface area (Å²) >= 11 is 0. The van der Waals surface area contributed by atoms with Crippen molar-refractivity contribution in [3.63, 3.8) is 0 Å². The molecule has 0 aromatic carbocycles. The van der Waals surface area contributed by atoms with Gasteiger partial charge in [0, 0.05) is 24.4 Å². The van der Waals surface area contributed by atoms with Crippen molar-refractivity contribution >= 4 is 11.4 Å². The third-order valence-corrected chi connectivity index (χ3v) is 3.31. The van der Waals surface area contributed by atoms with Gasteiger partial charge in [-0.1, -0.05) is 20.8 Å². The molecule has 1 saturated carbocycles. The molecule has 1 aliphatic carbocycles. The fourth-order valence-electron chi connectivity index (χ4n) is 2.25. The monoisotopic (exact) mass is 194 g/mol. The standard InChI is InChI=1S/C12H22N2/c1-5-10(13)9-8-12(2,3)7-6-11(9)14-4/h9,13H,5-8H2,1-4H3. The molecular weight excluding hydrogens is 172 g/mol. The van der Waals surface area contributed by atoms with E-state index in [0.717, 1.165) is 25.0 Å². The second kappa shape index (κ2) is 4.24. The van der Waals surface area contributed by atoms with Crippen LogP contribution in [0.1, 0.15) is 46.5 Å². The normalized spacial score (nSPS) is 29.1. The molecule has 0 saturated heterocycles. The summed E-state index contributed by atoms with van der Waals surface area (Å²) in [6, 6.07) is 0. The summed E-state index contributed by atoms with van der Waals surface area (Å²) in [5, 5.41) is 7.96. The quantitative estimate of drug-likeness (QED) is 0.655. The summed E-state index contributed by atoms with van der Waals surface area (Å²) in [7, 11) is 1.86. The minimum Gasteiger partial charge on any atom is -0.309 e. The van der Waals surface area contributed by atoms with Crippen LogP contribution in [0.2, 0.25) is 0 Å². The van der Waals surface area contributed by atoms with E-state index in [-0.39, 0.29) is 0 Å². The molecule has 0 radical (unpaired) electrons.